The zero-order valence-electron chi connectivity index (χ0n) is 14.2. The van der Waals surface area contributed by atoms with Crippen molar-refractivity contribution < 1.29 is 18.7 Å². The van der Waals surface area contributed by atoms with E-state index in [0.29, 0.717) is 18.8 Å². The molecule has 1 aromatic rings. The average Bonchev–Trinajstić information content (AvgIpc) is 3.14. The zero-order valence-corrected chi connectivity index (χ0v) is 14.2. The fourth-order valence-electron chi connectivity index (χ4n) is 2.72. The molecule has 24 heavy (non-hydrogen) atoms. The van der Waals surface area contributed by atoms with Crippen molar-refractivity contribution >= 4 is 18.0 Å². The topological polar surface area (TPSA) is 59.8 Å². The van der Waals surface area contributed by atoms with Crippen molar-refractivity contribution in [1.29, 1.82) is 0 Å². The summed E-state index contributed by atoms with van der Waals surface area (Å²) in [6.07, 6.45) is 12.8. The van der Waals surface area contributed by atoms with Crippen LogP contribution >= 0.6 is 0 Å². The highest BCUT2D eigenvalue weighted by atomic mass is 16.5. The lowest BCUT2D eigenvalue weighted by Crippen LogP contribution is -2.33. The first kappa shape index (κ1) is 18.0. The predicted molar refractivity (Wildman–Crippen MR) is 92.1 cm³/mol. The summed E-state index contributed by atoms with van der Waals surface area (Å²) in [6, 6.07) is 3.56. The normalized spacial score (nSPS) is 14.5. The molecule has 130 valence electrons. The van der Waals surface area contributed by atoms with Crippen LogP contribution in [-0.4, -0.2) is 37.0 Å². The molecule has 5 nitrogen and oxygen atoms in total. The molecule has 1 aliphatic rings. The number of carbonyl (C=O) groups excluding carboxylic acids is 2. The number of hydrogen-bond donors (Lipinski definition) is 0. The number of amides is 1. The van der Waals surface area contributed by atoms with Gasteiger partial charge in [0.05, 0.1) is 19.8 Å². The Bertz CT molecular complexity index is 587. The van der Waals surface area contributed by atoms with Gasteiger partial charge >= 0.3 is 5.97 Å². The zero-order chi connectivity index (χ0) is 17.2. The van der Waals surface area contributed by atoms with Crippen LogP contribution in [0.4, 0.5) is 0 Å². The number of rotatable bonds is 8. The van der Waals surface area contributed by atoms with Gasteiger partial charge < -0.3 is 14.1 Å². The van der Waals surface area contributed by atoms with Gasteiger partial charge in [-0.2, -0.15) is 0 Å². The van der Waals surface area contributed by atoms with Crippen LogP contribution in [0.5, 0.6) is 0 Å². The smallest absolute Gasteiger partial charge is 0.307 e. The lowest BCUT2D eigenvalue weighted by atomic mass is 9.97. The standard InChI is InChI=1S/C19H25NO4/c1-23-19(22)12-14-20(13-11-16-6-3-2-4-7-16)18(21)10-9-17-8-5-15-24-17/h5-6,8-10,15H,2-4,7,11-14H2,1H3/b10-9+. The first-order chi connectivity index (χ1) is 11.7. The maximum absolute atomic E-state index is 12.4. The Morgan fingerprint density at radius 3 is 2.88 bits per heavy atom. The van der Waals surface area contributed by atoms with Crippen LogP contribution in [0.1, 0.15) is 44.3 Å². The minimum absolute atomic E-state index is 0.119. The summed E-state index contributed by atoms with van der Waals surface area (Å²) in [7, 11) is 1.36. The van der Waals surface area contributed by atoms with Crippen molar-refractivity contribution in [3.63, 3.8) is 0 Å². The first-order valence-corrected chi connectivity index (χ1v) is 8.44. The van der Waals surface area contributed by atoms with Gasteiger partial charge in [-0.15, -0.1) is 0 Å². The first-order valence-electron chi connectivity index (χ1n) is 8.44. The Labute approximate surface area is 143 Å². The third-order valence-corrected chi connectivity index (χ3v) is 4.15. The molecule has 0 bridgehead atoms. The largest absolute Gasteiger partial charge is 0.469 e. The lowest BCUT2D eigenvalue weighted by Gasteiger charge is -2.22. The van der Waals surface area contributed by atoms with Gasteiger partial charge in [0.2, 0.25) is 5.91 Å². The average molecular weight is 331 g/mol. The van der Waals surface area contributed by atoms with Crippen LogP contribution < -0.4 is 0 Å². The van der Waals surface area contributed by atoms with Gasteiger partial charge in [-0.3, -0.25) is 9.59 Å². The van der Waals surface area contributed by atoms with Gasteiger partial charge in [-0.25, -0.2) is 0 Å². The maximum Gasteiger partial charge on any atom is 0.307 e. The van der Waals surface area contributed by atoms with Gasteiger partial charge in [0.15, 0.2) is 0 Å². The predicted octanol–water partition coefficient (Wildman–Crippen LogP) is 3.58. The summed E-state index contributed by atoms with van der Waals surface area (Å²) in [5, 5.41) is 0. The third-order valence-electron chi connectivity index (χ3n) is 4.15. The molecule has 5 heteroatoms. The Morgan fingerprint density at radius 2 is 2.21 bits per heavy atom. The Balaban J connectivity index is 1.93. The van der Waals surface area contributed by atoms with Crippen LogP contribution in [0.25, 0.3) is 6.08 Å². The monoisotopic (exact) mass is 331 g/mol. The number of nitrogens with zero attached hydrogens (tertiary/aromatic N) is 1. The molecule has 0 fully saturated rings. The van der Waals surface area contributed by atoms with Gasteiger partial charge in [0, 0.05) is 19.2 Å². The molecular formula is C19H25NO4. The molecule has 1 heterocycles. The number of methoxy groups -OCH3 is 1. The minimum Gasteiger partial charge on any atom is -0.469 e. The van der Waals surface area contributed by atoms with E-state index in [1.807, 2.05) is 0 Å². The van der Waals surface area contributed by atoms with Crippen LogP contribution in [-0.2, 0) is 14.3 Å². The second-order valence-electron chi connectivity index (χ2n) is 5.86. The minimum atomic E-state index is -0.306. The summed E-state index contributed by atoms with van der Waals surface area (Å²) in [4.78, 5) is 25.5. The molecule has 2 rings (SSSR count). The van der Waals surface area contributed by atoms with E-state index in [4.69, 9.17) is 4.42 Å². The molecule has 0 radical (unpaired) electrons. The van der Waals surface area contributed by atoms with Crippen molar-refractivity contribution in [2.45, 2.75) is 38.5 Å². The number of hydrogen-bond acceptors (Lipinski definition) is 4. The van der Waals surface area contributed by atoms with Crippen LogP contribution in [0.15, 0.2) is 40.5 Å². The fourth-order valence-corrected chi connectivity index (χ4v) is 2.72. The summed E-state index contributed by atoms with van der Waals surface area (Å²) in [5.74, 6) is 0.206. The molecule has 1 aliphatic carbocycles. The van der Waals surface area contributed by atoms with E-state index < -0.39 is 0 Å². The van der Waals surface area contributed by atoms with E-state index in [1.165, 1.54) is 31.6 Å². The SMILES string of the molecule is COC(=O)CCN(CCC1=CCCCC1)C(=O)/C=C/c1ccco1. The van der Waals surface area contributed by atoms with E-state index in [2.05, 4.69) is 10.8 Å². The second kappa shape index (κ2) is 9.75. The number of esters is 1. The molecular weight excluding hydrogens is 306 g/mol. The van der Waals surface area contributed by atoms with Crippen molar-refractivity contribution in [1.82, 2.24) is 4.90 Å². The third kappa shape index (κ3) is 6.07. The van der Waals surface area contributed by atoms with Crippen molar-refractivity contribution in [3.8, 4) is 0 Å². The van der Waals surface area contributed by atoms with Crippen molar-refractivity contribution in [2.75, 3.05) is 20.2 Å². The molecule has 0 atom stereocenters. The van der Waals surface area contributed by atoms with Crippen LogP contribution in [0, 0.1) is 0 Å². The number of ether oxygens (including phenoxy) is 1. The van der Waals surface area contributed by atoms with Crippen molar-refractivity contribution in [2.24, 2.45) is 0 Å². The molecule has 1 aromatic heterocycles. The summed E-state index contributed by atoms with van der Waals surface area (Å²) in [6.45, 7) is 0.978. The maximum atomic E-state index is 12.4. The quantitative estimate of drug-likeness (QED) is 0.415. The molecule has 0 saturated heterocycles. The Morgan fingerprint density at radius 1 is 1.33 bits per heavy atom. The molecule has 0 unspecified atom stereocenters. The van der Waals surface area contributed by atoms with E-state index in [9.17, 15) is 9.59 Å². The van der Waals surface area contributed by atoms with Gasteiger partial charge in [-0.05, 0) is 50.3 Å². The molecule has 0 N–H and O–H groups in total. The Hall–Kier alpha value is -2.30. The highest BCUT2D eigenvalue weighted by Crippen LogP contribution is 2.20. The number of furan rings is 1. The van der Waals surface area contributed by atoms with Crippen LogP contribution in [0.3, 0.4) is 0 Å². The van der Waals surface area contributed by atoms with Gasteiger partial charge in [0.1, 0.15) is 5.76 Å². The number of carbonyl (C=O) groups is 2. The van der Waals surface area contributed by atoms with E-state index in [0.717, 1.165) is 19.3 Å². The lowest BCUT2D eigenvalue weighted by molar-refractivity contribution is -0.141. The Kier molecular flexibility index (Phi) is 7.33. The molecule has 0 spiro atoms. The molecule has 0 aromatic carbocycles. The van der Waals surface area contributed by atoms with E-state index >= 15 is 0 Å². The highest BCUT2D eigenvalue weighted by molar-refractivity contribution is 5.91. The molecule has 1 amide bonds. The second-order valence-corrected chi connectivity index (χ2v) is 5.86. The van der Waals surface area contributed by atoms with Crippen molar-refractivity contribution in [3.05, 3.63) is 41.9 Å². The van der Waals surface area contributed by atoms with Gasteiger partial charge in [0.25, 0.3) is 0 Å². The van der Waals surface area contributed by atoms with Crippen LogP contribution in [0.2, 0.25) is 0 Å². The number of allylic oxidation sites excluding steroid dienone is 1. The molecule has 0 saturated carbocycles. The van der Waals surface area contributed by atoms with E-state index in [1.54, 1.807) is 29.4 Å². The molecule has 0 aliphatic heterocycles. The van der Waals surface area contributed by atoms with Gasteiger partial charge in [-0.1, -0.05) is 11.6 Å². The summed E-state index contributed by atoms with van der Waals surface area (Å²) < 4.78 is 9.87. The fraction of sp³-hybridized carbons (Fsp3) is 0.474. The highest BCUT2D eigenvalue weighted by Gasteiger charge is 2.14. The van der Waals surface area contributed by atoms with E-state index in [-0.39, 0.29) is 18.3 Å². The summed E-state index contributed by atoms with van der Waals surface area (Å²) in [5.41, 5.74) is 1.41. The summed E-state index contributed by atoms with van der Waals surface area (Å²) >= 11 is 0.